The molecule has 1 unspecified atom stereocenters. The lowest BCUT2D eigenvalue weighted by molar-refractivity contribution is -0.131. The molecule has 0 aliphatic carbocycles. The van der Waals surface area contributed by atoms with Gasteiger partial charge in [0.15, 0.2) is 0 Å². The topological polar surface area (TPSA) is 46.3 Å². The number of nitrogens with two attached hydrogens (primary N) is 1. The Labute approximate surface area is 80.3 Å². The Morgan fingerprint density at radius 2 is 2.08 bits per heavy atom. The summed E-state index contributed by atoms with van der Waals surface area (Å²) in [4.78, 5) is 13.6. The summed E-state index contributed by atoms with van der Waals surface area (Å²) in [6.07, 6.45) is 4.00. The maximum absolute atomic E-state index is 11.6. The second kappa shape index (κ2) is 5.22. The van der Waals surface area contributed by atoms with E-state index in [0.29, 0.717) is 24.8 Å². The first kappa shape index (κ1) is 10.5. The molecule has 0 aromatic heterocycles. The fourth-order valence-corrected chi connectivity index (χ4v) is 1.74. The first-order valence-electron chi connectivity index (χ1n) is 5.25. The van der Waals surface area contributed by atoms with E-state index in [-0.39, 0.29) is 0 Å². The fraction of sp³-hybridized carbons (Fsp3) is 0.900. The van der Waals surface area contributed by atoms with Crippen LogP contribution >= 0.6 is 0 Å². The van der Waals surface area contributed by atoms with Crippen molar-refractivity contribution in [1.29, 1.82) is 0 Å². The van der Waals surface area contributed by atoms with E-state index in [1.54, 1.807) is 0 Å². The molecule has 1 fully saturated rings. The van der Waals surface area contributed by atoms with Gasteiger partial charge in [0, 0.05) is 19.5 Å². The van der Waals surface area contributed by atoms with Gasteiger partial charge in [-0.3, -0.25) is 4.79 Å². The third-order valence-corrected chi connectivity index (χ3v) is 2.83. The molecule has 1 aliphatic heterocycles. The van der Waals surface area contributed by atoms with Crippen molar-refractivity contribution >= 4 is 5.91 Å². The maximum atomic E-state index is 11.6. The molecule has 0 aromatic carbocycles. The van der Waals surface area contributed by atoms with Crippen molar-refractivity contribution < 1.29 is 4.79 Å². The SMILES string of the molecule is CCC(CN)CC(=O)N1CCCC1. The Bertz CT molecular complexity index is 160. The maximum Gasteiger partial charge on any atom is 0.222 e. The standard InChI is InChI=1S/C10H20N2O/c1-2-9(8-11)7-10(13)12-5-3-4-6-12/h9H,2-8,11H2,1H3. The minimum Gasteiger partial charge on any atom is -0.343 e. The van der Waals surface area contributed by atoms with E-state index in [0.717, 1.165) is 19.5 Å². The Morgan fingerprint density at radius 1 is 1.46 bits per heavy atom. The third-order valence-electron chi connectivity index (χ3n) is 2.83. The van der Waals surface area contributed by atoms with Crippen molar-refractivity contribution in [3.05, 3.63) is 0 Å². The zero-order valence-electron chi connectivity index (χ0n) is 8.46. The van der Waals surface area contributed by atoms with Gasteiger partial charge in [-0.15, -0.1) is 0 Å². The van der Waals surface area contributed by atoms with Gasteiger partial charge in [-0.2, -0.15) is 0 Å². The third kappa shape index (κ3) is 2.99. The van der Waals surface area contributed by atoms with Crippen molar-refractivity contribution in [2.45, 2.75) is 32.6 Å². The van der Waals surface area contributed by atoms with Crippen LogP contribution in [0.15, 0.2) is 0 Å². The van der Waals surface area contributed by atoms with Crippen LogP contribution in [0.2, 0.25) is 0 Å². The molecule has 3 heteroatoms. The second-order valence-corrected chi connectivity index (χ2v) is 3.80. The van der Waals surface area contributed by atoms with E-state index >= 15 is 0 Å². The van der Waals surface area contributed by atoms with Crippen LogP contribution in [0.4, 0.5) is 0 Å². The average Bonchev–Trinajstić information content (AvgIpc) is 2.66. The van der Waals surface area contributed by atoms with Crippen molar-refractivity contribution in [3.63, 3.8) is 0 Å². The van der Waals surface area contributed by atoms with Gasteiger partial charge in [0.05, 0.1) is 0 Å². The van der Waals surface area contributed by atoms with E-state index in [4.69, 9.17) is 5.73 Å². The quantitative estimate of drug-likeness (QED) is 0.708. The molecular weight excluding hydrogens is 164 g/mol. The van der Waals surface area contributed by atoms with E-state index in [1.807, 2.05) is 4.90 Å². The molecule has 0 saturated carbocycles. The number of carbonyl (C=O) groups is 1. The van der Waals surface area contributed by atoms with Crippen LogP contribution in [-0.2, 0) is 4.79 Å². The molecule has 0 radical (unpaired) electrons. The number of carbonyl (C=O) groups excluding carboxylic acids is 1. The summed E-state index contributed by atoms with van der Waals surface area (Å²) in [5, 5.41) is 0. The van der Waals surface area contributed by atoms with Crippen LogP contribution < -0.4 is 5.73 Å². The van der Waals surface area contributed by atoms with Gasteiger partial charge < -0.3 is 10.6 Å². The number of amides is 1. The molecule has 0 spiro atoms. The minimum absolute atomic E-state index is 0.301. The molecule has 1 saturated heterocycles. The van der Waals surface area contributed by atoms with Crippen LogP contribution in [0, 0.1) is 5.92 Å². The monoisotopic (exact) mass is 184 g/mol. The molecule has 3 nitrogen and oxygen atoms in total. The van der Waals surface area contributed by atoms with Crippen molar-refractivity contribution in [1.82, 2.24) is 4.90 Å². The normalized spacial score (nSPS) is 19.1. The van der Waals surface area contributed by atoms with Gasteiger partial charge in [0.2, 0.25) is 5.91 Å². The number of likely N-dealkylation sites (tertiary alicyclic amines) is 1. The Morgan fingerprint density at radius 3 is 2.54 bits per heavy atom. The zero-order valence-corrected chi connectivity index (χ0v) is 8.46. The van der Waals surface area contributed by atoms with Crippen LogP contribution in [0.1, 0.15) is 32.6 Å². The highest BCUT2D eigenvalue weighted by Gasteiger charge is 2.19. The van der Waals surface area contributed by atoms with Gasteiger partial charge in [0.1, 0.15) is 0 Å². The predicted octanol–water partition coefficient (Wildman–Crippen LogP) is 0.984. The Balaban J connectivity index is 2.30. The molecular formula is C10H20N2O. The highest BCUT2D eigenvalue weighted by molar-refractivity contribution is 5.76. The minimum atomic E-state index is 0.301. The summed E-state index contributed by atoms with van der Waals surface area (Å²) in [5.41, 5.74) is 5.56. The lowest BCUT2D eigenvalue weighted by Crippen LogP contribution is -2.30. The van der Waals surface area contributed by atoms with Gasteiger partial charge in [-0.25, -0.2) is 0 Å². The molecule has 0 aromatic rings. The largest absolute Gasteiger partial charge is 0.343 e. The Kier molecular flexibility index (Phi) is 4.22. The first-order chi connectivity index (χ1) is 6.27. The number of rotatable bonds is 4. The molecule has 13 heavy (non-hydrogen) atoms. The summed E-state index contributed by atoms with van der Waals surface area (Å²) < 4.78 is 0. The van der Waals surface area contributed by atoms with E-state index in [1.165, 1.54) is 12.8 Å². The number of hydrogen-bond acceptors (Lipinski definition) is 2. The van der Waals surface area contributed by atoms with E-state index in [9.17, 15) is 4.79 Å². The van der Waals surface area contributed by atoms with Gasteiger partial charge in [-0.1, -0.05) is 13.3 Å². The second-order valence-electron chi connectivity index (χ2n) is 3.80. The molecule has 1 heterocycles. The lowest BCUT2D eigenvalue weighted by atomic mass is 10.0. The van der Waals surface area contributed by atoms with E-state index in [2.05, 4.69) is 6.92 Å². The summed E-state index contributed by atoms with van der Waals surface area (Å²) in [5.74, 6) is 0.683. The van der Waals surface area contributed by atoms with E-state index < -0.39 is 0 Å². The summed E-state index contributed by atoms with van der Waals surface area (Å²) in [6.45, 7) is 4.64. The molecule has 2 N–H and O–H groups in total. The molecule has 76 valence electrons. The predicted molar refractivity (Wildman–Crippen MR) is 53.3 cm³/mol. The highest BCUT2D eigenvalue weighted by Crippen LogP contribution is 2.13. The van der Waals surface area contributed by atoms with Gasteiger partial charge >= 0.3 is 0 Å². The summed E-state index contributed by atoms with van der Waals surface area (Å²) in [6, 6.07) is 0. The van der Waals surface area contributed by atoms with Gasteiger partial charge in [-0.05, 0) is 25.3 Å². The Hall–Kier alpha value is -0.570. The molecule has 1 aliphatic rings. The molecule has 1 amide bonds. The van der Waals surface area contributed by atoms with Crippen molar-refractivity contribution in [2.24, 2.45) is 11.7 Å². The summed E-state index contributed by atoms with van der Waals surface area (Å²) in [7, 11) is 0. The molecule has 1 rings (SSSR count). The van der Waals surface area contributed by atoms with Crippen molar-refractivity contribution in [2.75, 3.05) is 19.6 Å². The van der Waals surface area contributed by atoms with Gasteiger partial charge in [0.25, 0.3) is 0 Å². The van der Waals surface area contributed by atoms with Crippen LogP contribution in [-0.4, -0.2) is 30.4 Å². The summed E-state index contributed by atoms with van der Waals surface area (Å²) >= 11 is 0. The van der Waals surface area contributed by atoms with Crippen LogP contribution in [0.5, 0.6) is 0 Å². The number of nitrogens with zero attached hydrogens (tertiary/aromatic N) is 1. The number of hydrogen-bond donors (Lipinski definition) is 1. The highest BCUT2D eigenvalue weighted by atomic mass is 16.2. The first-order valence-corrected chi connectivity index (χ1v) is 5.25. The zero-order chi connectivity index (χ0) is 9.68. The van der Waals surface area contributed by atoms with Crippen LogP contribution in [0.25, 0.3) is 0 Å². The fourth-order valence-electron chi connectivity index (χ4n) is 1.74. The molecule has 0 bridgehead atoms. The smallest absolute Gasteiger partial charge is 0.222 e. The van der Waals surface area contributed by atoms with Crippen LogP contribution in [0.3, 0.4) is 0 Å². The average molecular weight is 184 g/mol. The van der Waals surface area contributed by atoms with Crippen molar-refractivity contribution in [3.8, 4) is 0 Å². The lowest BCUT2D eigenvalue weighted by Gasteiger charge is -2.18. The molecule has 1 atom stereocenters.